The van der Waals surface area contributed by atoms with Crippen LogP contribution in [0.1, 0.15) is 5.56 Å². The van der Waals surface area contributed by atoms with Crippen molar-refractivity contribution in [3.8, 4) is 17.1 Å². The number of hydrogen-bond donors (Lipinski definition) is 2. The average Bonchev–Trinajstić information content (AvgIpc) is 3.09. The Morgan fingerprint density at radius 2 is 1.86 bits per heavy atom. The van der Waals surface area contributed by atoms with Crippen LogP contribution >= 0.6 is 23.4 Å². The molecule has 0 bridgehead atoms. The van der Waals surface area contributed by atoms with Crippen LogP contribution in [-0.4, -0.2) is 43.4 Å². The molecule has 0 aliphatic carbocycles. The lowest BCUT2D eigenvalue weighted by Gasteiger charge is -2.14. The molecule has 0 saturated heterocycles. The van der Waals surface area contributed by atoms with E-state index in [1.54, 1.807) is 24.3 Å². The predicted molar refractivity (Wildman–Crippen MR) is 101 cm³/mol. The Morgan fingerprint density at radius 3 is 2.54 bits per heavy atom. The lowest BCUT2D eigenvalue weighted by molar-refractivity contribution is -0.137. The van der Waals surface area contributed by atoms with Gasteiger partial charge in [-0.05, 0) is 30.3 Å². The van der Waals surface area contributed by atoms with Gasteiger partial charge in [0.25, 0.3) is 0 Å². The zero-order valence-corrected chi connectivity index (χ0v) is 15.8. The molecule has 1 heterocycles. The number of thioether (sulfide) groups is 1. The second-order valence-corrected chi connectivity index (χ2v) is 7.21. The Hall–Kier alpha value is -2.07. The molecular weight excluding hydrogens is 415 g/mol. The first-order valence-electron chi connectivity index (χ1n) is 8.11. The van der Waals surface area contributed by atoms with Crippen molar-refractivity contribution in [2.24, 2.45) is 0 Å². The highest BCUT2D eigenvalue weighted by atomic mass is 35.5. The van der Waals surface area contributed by atoms with Crippen LogP contribution in [0.25, 0.3) is 17.1 Å². The van der Waals surface area contributed by atoms with Gasteiger partial charge in [0, 0.05) is 11.3 Å². The molecule has 28 heavy (non-hydrogen) atoms. The minimum atomic E-state index is -4.50. The number of aliphatic hydroxyl groups excluding tert-OH is 2. The number of hydrogen-bond acceptors (Lipinski definition) is 5. The van der Waals surface area contributed by atoms with Crippen LogP contribution in [0.2, 0.25) is 5.02 Å². The summed E-state index contributed by atoms with van der Waals surface area (Å²) >= 11 is 7.30. The normalized spacial score (nSPS) is 12.9. The summed E-state index contributed by atoms with van der Waals surface area (Å²) in [7, 11) is 0. The van der Waals surface area contributed by atoms with Crippen molar-refractivity contribution in [2.45, 2.75) is 17.4 Å². The van der Waals surface area contributed by atoms with Crippen LogP contribution in [0.3, 0.4) is 0 Å². The van der Waals surface area contributed by atoms with E-state index in [2.05, 4.69) is 10.2 Å². The molecule has 0 aliphatic rings. The minimum Gasteiger partial charge on any atom is -0.394 e. The van der Waals surface area contributed by atoms with Crippen molar-refractivity contribution in [3.63, 3.8) is 0 Å². The van der Waals surface area contributed by atoms with E-state index in [1.165, 1.54) is 16.7 Å². The van der Waals surface area contributed by atoms with Crippen LogP contribution < -0.4 is 0 Å². The number of aliphatic hydroxyl groups is 2. The first-order chi connectivity index (χ1) is 13.3. The summed E-state index contributed by atoms with van der Waals surface area (Å²) in [5.41, 5.74) is -0.102. The first-order valence-corrected chi connectivity index (χ1v) is 9.47. The van der Waals surface area contributed by atoms with E-state index in [-0.39, 0.29) is 22.4 Å². The van der Waals surface area contributed by atoms with Gasteiger partial charge < -0.3 is 10.2 Å². The van der Waals surface area contributed by atoms with Crippen molar-refractivity contribution in [2.75, 3.05) is 12.4 Å². The minimum absolute atomic E-state index is 0.0934. The van der Waals surface area contributed by atoms with Crippen molar-refractivity contribution >= 4 is 23.4 Å². The van der Waals surface area contributed by atoms with Crippen molar-refractivity contribution in [1.29, 1.82) is 0 Å². The number of benzene rings is 2. The van der Waals surface area contributed by atoms with Gasteiger partial charge in [0.2, 0.25) is 0 Å². The second kappa shape index (κ2) is 8.52. The summed E-state index contributed by atoms with van der Waals surface area (Å²) in [5.74, 6) is 0.363. The Bertz CT molecular complexity index is 965. The second-order valence-electron chi connectivity index (χ2n) is 5.82. The summed E-state index contributed by atoms with van der Waals surface area (Å²) in [6.07, 6.45) is -5.50. The smallest absolute Gasteiger partial charge is 0.394 e. The highest BCUT2D eigenvalue weighted by molar-refractivity contribution is 7.99. The SMILES string of the molecule is OCC(O)CSc1nnc(-c2ccccc2Cl)n1-c1cccc(C(F)(F)F)c1. The van der Waals surface area contributed by atoms with Crippen LogP contribution in [0.15, 0.2) is 53.7 Å². The van der Waals surface area contributed by atoms with Gasteiger partial charge in [0.15, 0.2) is 11.0 Å². The largest absolute Gasteiger partial charge is 0.416 e. The molecule has 148 valence electrons. The third-order valence-corrected chi connectivity index (χ3v) is 5.20. The summed E-state index contributed by atoms with van der Waals surface area (Å²) < 4.78 is 41.0. The zero-order chi connectivity index (χ0) is 20.3. The fourth-order valence-electron chi connectivity index (χ4n) is 2.46. The zero-order valence-electron chi connectivity index (χ0n) is 14.3. The van der Waals surface area contributed by atoms with E-state index in [9.17, 15) is 18.3 Å². The van der Waals surface area contributed by atoms with E-state index in [0.29, 0.717) is 10.6 Å². The Labute approximate surface area is 167 Å². The molecule has 0 saturated carbocycles. The molecule has 1 aromatic heterocycles. The first kappa shape index (κ1) is 20.7. The van der Waals surface area contributed by atoms with E-state index in [4.69, 9.17) is 16.7 Å². The van der Waals surface area contributed by atoms with E-state index >= 15 is 0 Å². The number of nitrogens with zero attached hydrogens (tertiary/aromatic N) is 3. The molecule has 0 radical (unpaired) electrons. The molecule has 1 unspecified atom stereocenters. The average molecular weight is 430 g/mol. The van der Waals surface area contributed by atoms with Gasteiger partial charge in [-0.3, -0.25) is 4.57 Å². The number of rotatable bonds is 6. The third kappa shape index (κ3) is 4.49. The molecule has 1 atom stereocenters. The lowest BCUT2D eigenvalue weighted by atomic mass is 10.1. The van der Waals surface area contributed by atoms with Gasteiger partial charge in [-0.15, -0.1) is 10.2 Å². The Balaban J connectivity index is 2.14. The molecule has 3 rings (SSSR count). The highest BCUT2D eigenvalue weighted by Gasteiger charge is 2.31. The molecule has 0 fully saturated rings. The number of alkyl halides is 3. The summed E-state index contributed by atoms with van der Waals surface area (Å²) in [5, 5.41) is 27.4. The fraction of sp³-hybridized carbons (Fsp3) is 0.222. The molecule has 0 amide bonds. The third-order valence-electron chi connectivity index (χ3n) is 3.80. The van der Waals surface area contributed by atoms with Crippen molar-refractivity contribution < 1.29 is 23.4 Å². The van der Waals surface area contributed by atoms with Crippen LogP contribution in [0.4, 0.5) is 13.2 Å². The molecule has 3 aromatic rings. The molecule has 0 aliphatic heterocycles. The number of halogens is 4. The molecular formula is C18H15ClF3N3O2S. The molecule has 0 spiro atoms. The van der Waals surface area contributed by atoms with Gasteiger partial charge >= 0.3 is 6.18 Å². The van der Waals surface area contributed by atoms with Gasteiger partial charge in [0.05, 0.1) is 29.0 Å². The van der Waals surface area contributed by atoms with E-state index in [0.717, 1.165) is 23.9 Å². The van der Waals surface area contributed by atoms with Gasteiger partial charge in [-0.25, -0.2) is 0 Å². The van der Waals surface area contributed by atoms with E-state index in [1.807, 2.05) is 0 Å². The number of aromatic nitrogens is 3. The van der Waals surface area contributed by atoms with Crippen molar-refractivity contribution in [1.82, 2.24) is 14.8 Å². The van der Waals surface area contributed by atoms with Crippen molar-refractivity contribution in [3.05, 3.63) is 59.1 Å². The monoisotopic (exact) mass is 429 g/mol. The quantitative estimate of drug-likeness (QED) is 0.578. The predicted octanol–water partition coefficient (Wildman–Crippen LogP) is 4.05. The maximum atomic E-state index is 13.2. The standard InChI is InChI=1S/C18H15ClF3N3O2S/c19-15-7-2-1-6-14(15)16-23-24-17(28-10-13(27)9-26)25(16)12-5-3-4-11(8-12)18(20,21)22/h1-8,13,26-27H,9-10H2. The van der Waals surface area contributed by atoms with Gasteiger partial charge in [-0.2, -0.15) is 13.2 Å². The lowest BCUT2D eigenvalue weighted by Crippen LogP contribution is -2.15. The summed E-state index contributed by atoms with van der Waals surface area (Å²) in [4.78, 5) is 0. The Kier molecular flexibility index (Phi) is 6.29. The van der Waals surface area contributed by atoms with E-state index < -0.39 is 24.5 Å². The molecule has 2 aromatic carbocycles. The summed E-state index contributed by atoms with van der Waals surface area (Å²) in [6.45, 7) is -0.442. The maximum absolute atomic E-state index is 13.2. The van der Waals surface area contributed by atoms with Gasteiger partial charge in [0.1, 0.15) is 0 Å². The fourth-order valence-corrected chi connectivity index (χ4v) is 3.54. The van der Waals surface area contributed by atoms with Gasteiger partial charge in [-0.1, -0.05) is 41.6 Å². The molecule has 10 heteroatoms. The molecule has 5 nitrogen and oxygen atoms in total. The Morgan fingerprint density at radius 1 is 1.11 bits per heavy atom. The maximum Gasteiger partial charge on any atom is 0.416 e. The summed E-state index contributed by atoms with van der Waals surface area (Å²) in [6, 6.07) is 11.6. The molecule has 2 N–H and O–H groups in total. The highest BCUT2D eigenvalue weighted by Crippen LogP contribution is 2.35. The van der Waals surface area contributed by atoms with Crippen LogP contribution in [0.5, 0.6) is 0 Å². The van der Waals surface area contributed by atoms with Crippen LogP contribution in [0, 0.1) is 0 Å². The van der Waals surface area contributed by atoms with Crippen LogP contribution in [-0.2, 0) is 6.18 Å². The topological polar surface area (TPSA) is 71.2 Å².